The number of benzene rings is 1. The zero-order valence-electron chi connectivity index (χ0n) is 18.3. The summed E-state index contributed by atoms with van der Waals surface area (Å²) in [5.74, 6) is -0.347. The van der Waals surface area contributed by atoms with Crippen molar-refractivity contribution in [2.45, 2.75) is 70.3 Å². The Morgan fingerprint density at radius 1 is 1.27 bits per heavy atom. The van der Waals surface area contributed by atoms with Crippen molar-refractivity contribution in [1.29, 1.82) is 0 Å². The molecule has 1 saturated heterocycles. The first-order chi connectivity index (χ1) is 14.3. The largest absolute Gasteiger partial charge is 0.508 e. The molecule has 1 aromatic carbocycles. The van der Waals surface area contributed by atoms with E-state index in [1.807, 2.05) is 12.1 Å². The number of phenols is 1. The Kier molecular flexibility index (Phi) is 7.40. The normalized spacial score (nSPS) is 26.8. The van der Waals surface area contributed by atoms with E-state index >= 15 is 0 Å². The van der Waals surface area contributed by atoms with Crippen LogP contribution in [0.2, 0.25) is 0 Å². The van der Waals surface area contributed by atoms with E-state index in [2.05, 4.69) is 30.1 Å². The lowest BCUT2D eigenvalue weighted by molar-refractivity contribution is -0.144. The molecule has 1 aliphatic heterocycles. The minimum atomic E-state index is -0.913. The predicted molar refractivity (Wildman–Crippen MR) is 116 cm³/mol. The van der Waals surface area contributed by atoms with E-state index in [4.69, 9.17) is 0 Å². The SMILES string of the molecule is C[C@H]1CN(CCC(=O)N[C@H](C(=O)O)C2CCCCC2)CC[C@@]1(C)c1cccc(O)c1. The second-order valence-electron chi connectivity index (χ2n) is 9.45. The number of rotatable bonds is 7. The molecule has 1 saturated carbocycles. The van der Waals surface area contributed by atoms with E-state index < -0.39 is 12.0 Å². The Morgan fingerprint density at radius 3 is 2.63 bits per heavy atom. The van der Waals surface area contributed by atoms with Crippen LogP contribution in [0.1, 0.15) is 64.4 Å². The van der Waals surface area contributed by atoms with Gasteiger partial charge in [-0.25, -0.2) is 4.79 Å². The smallest absolute Gasteiger partial charge is 0.326 e. The van der Waals surface area contributed by atoms with E-state index in [-0.39, 0.29) is 17.2 Å². The number of carboxylic acids is 1. The lowest BCUT2D eigenvalue weighted by Crippen LogP contribution is -2.49. The van der Waals surface area contributed by atoms with Crippen LogP contribution in [0.5, 0.6) is 5.75 Å². The number of carboxylic acid groups (broad SMARTS) is 1. The molecule has 166 valence electrons. The van der Waals surface area contributed by atoms with E-state index in [0.717, 1.165) is 57.2 Å². The van der Waals surface area contributed by atoms with Gasteiger partial charge in [-0.3, -0.25) is 4.79 Å². The van der Waals surface area contributed by atoms with Gasteiger partial charge in [0.2, 0.25) is 5.91 Å². The fourth-order valence-corrected chi connectivity index (χ4v) is 5.16. The van der Waals surface area contributed by atoms with Crippen LogP contribution < -0.4 is 5.32 Å². The molecule has 1 aromatic rings. The Morgan fingerprint density at radius 2 is 2.00 bits per heavy atom. The van der Waals surface area contributed by atoms with Gasteiger partial charge in [0.1, 0.15) is 11.8 Å². The van der Waals surface area contributed by atoms with Crippen molar-refractivity contribution in [3.8, 4) is 5.75 Å². The third kappa shape index (κ3) is 5.34. The number of nitrogens with one attached hydrogen (secondary N) is 1. The highest BCUT2D eigenvalue weighted by molar-refractivity contribution is 5.83. The fraction of sp³-hybridized carbons (Fsp3) is 0.667. The summed E-state index contributed by atoms with van der Waals surface area (Å²) in [6.45, 7) is 6.88. The van der Waals surface area contributed by atoms with Gasteiger partial charge in [0.05, 0.1) is 0 Å². The fourth-order valence-electron chi connectivity index (χ4n) is 5.16. The van der Waals surface area contributed by atoms with Gasteiger partial charge in [-0.2, -0.15) is 0 Å². The molecule has 1 aliphatic carbocycles. The summed E-state index contributed by atoms with van der Waals surface area (Å²) in [6, 6.07) is 6.77. The van der Waals surface area contributed by atoms with E-state index in [9.17, 15) is 19.8 Å². The zero-order chi connectivity index (χ0) is 21.7. The van der Waals surface area contributed by atoms with Gasteiger partial charge in [0.25, 0.3) is 0 Å². The molecule has 3 atom stereocenters. The summed E-state index contributed by atoms with van der Waals surface area (Å²) in [5, 5.41) is 22.2. The van der Waals surface area contributed by atoms with Crippen LogP contribution in [0, 0.1) is 11.8 Å². The van der Waals surface area contributed by atoms with Crippen LogP contribution in [0.3, 0.4) is 0 Å². The maximum absolute atomic E-state index is 12.5. The lowest BCUT2D eigenvalue weighted by atomic mass is 9.68. The number of amides is 1. The van der Waals surface area contributed by atoms with Crippen molar-refractivity contribution in [3.05, 3.63) is 29.8 Å². The molecule has 2 aliphatic rings. The number of carbonyl (C=O) groups is 2. The number of piperidine rings is 1. The first-order valence-electron chi connectivity index (χ1n) is 11.3. The number of likely N-dealkylation sites (tertiary alicyclic amines) is 1. The first-order valence-corrected chi connectivity index (χ1v) is 11.3. The molecule has 6 nitrogen and oxygen atoms in total. The van der Waals surface area contributed by atoms with Crippen LogP contribution >= 0.6 is 0 Å². The van der Waals surface area contributed by atoms with Crippen LogP contribution in [0.15, 0.2) is 24.3 Å². The topological polar surface area (TPSA) is 89.9 Å². The molecule has 3 rings (SSSR count). The highest BCUT2D eigenvalue weighted by Gasteiger charge is 2.38. The summed E-state index contributed by atoms with van der Waals surface area (Å²) in [4.78, 5) is 26.4. The number of aliphatic carboxylic acids is 1. The van der Waals surface area contributed by atoms with Crippen molar-refractivity contribution in [3.63, 3.8) is 0 Å². The zero-order valence-corrected chi connectivity index (χ0v) is 18.3. The van der Waals surface area contributed by atoms with Crippen LogP contribution in [0.4, 0.5) is 0 Å². The second kappa shape index (κ2) is 9.82. The maximum Gasteiger partial charge on any atom is 0.326 e. The molecule has 30 heavy (non-hydrogen) atoms. The molecule has 1 amide bonds. The molecule has 1 heterocycles. The molecule has 3 N–H and O–H groups in total. The number of phenolic OH excluding ortho intramolecular Hbond substituents is 1. The van der Waals surface area contributed by atoms with Gasteiger partial charge in [-0.05, 0) is 60.8 Å². The van der Waals surface area contributed by atoms with Gasteiger partial charge in [0.15, 0.2) is 0 Å². The summed E-state index contributed by atoms with van der Waals surface area (Å²) in [7, 11) is 0. The van der Waals surface area contributed by atoms with Crippen LogP contribution in [-0.4, -0.2) is 52.7 Å². The Bertz CT molecular complexity index is 746. The Hall–Kier alpha value is -2.08. The van der Waals surface area contributed by atoms with Crippen molar-refractivity contribution in [2.75, 3.05) is 19.6 Å². The highest BCUT2D eigenvalue weighted by Crippen LogP contribution is 2.40. The summed E-state index contributed by atoms with van der Waals surface area (Å²) in [5.41, 5.74) is 1.15. The van der Waals surface area contributed by atoms with E-state index in [1.54, 1.807) is 6.07 Å². The summed E-state index contributed by atoms with van der Waals surface area (Å²) in [6.07, 6.45) is 6.31. The third-order valence-corrected chi connectivity index (χ3v) is 7.43. The molecule has 0 aromatic heterocycles. The van der Waals surface area contributed by atoms with Crippen molar-refractivity contribution in [1.82, 2.24) is 10.2 Å². The maximum atomic E-state index is 12.5. The molecular weight excluding hydrogens is 380 g/mol. The van der Waals surface area contributed by atoms with E-state index in [1.165, 1.54) is 0 Å². The molecule has 0 radical (unpaired) electrons. The third-order valence-electron chi connectivity index (χ3n) is 7.43. The van der Waals surface area contributed by atoms with Gasteiger partial charge < -0.3 is 20.4 Å². The molecule has 0 unspecified atom stereocenters. The summed E-state index contributed by atoms with van der Waals surface area (Å²) < 4.78 is 0. The number of aromatic hydroxyl groups is 1. The summed E-state index contributed by atoms with van der Waals surface area (Å²) >= 11 is 0. The molecule has 6 heteroatoms. The van der Waals surface area contributed by atoms with Gasteiger partial charge in [0, 0.05) is 19.5 Å². The van der Waals surface area contributed by atoms with Gasteiger partial charge in [-0.1, -0.05) is 45.2 Å². The minimum absolute atomic E-state index is 0.00706. The monoisotopic (exact) mass is 416 g/mol. The number of hydrogen-bond donors (Lipinski definition) is 3. The number of hydrogen-bond acceptors (Lipinski definition) is 4. The first kappa shape index (κ1) is 22.6. The quantitative estimate of drug-likeness (QED) is 0.633. The van der Waals surface area contributed by atoms with Crippen LogP contribution in [-0.2, 0) is 15.0 Å². The predicted octanol–water partition coefficient (Wildman–Crippen LogP) is 3.53. The average molecular weight is 417 g/mol. The molecule has 0 spiro atoms. The van der Waals surface area contributed by atoms with E-state index in [0.29, 0.717) is 24.6 Å². The lowest BCUT2D eigenvalue weighted by Gasteiger charge is -2.45. The average Bonchev–Trinajstić information content (AvgIpc) is 2.73. The Labute approximate surface area is 179 Å². The van der Waals surface area contributed by atoms with Gasteiger partial charge >= 0.3 is 5.97 Å². The minimum Gasteiger partial charge on any atom is -0.508 e. The molecule has 0 bridgehead atoms. The Balaban J connectivity index is 1.50. The number of carbonyl (C=O) groups excluding carboxylic acids is 1. The highest BCUT2D eigenvalue weighted by atomic mass is 16.4. The van der Waals surface area contributed by atoms with Crippen molar-refractivity contribution < 1.29 is 19.8 Å². The van der Waals surface area contributed by atoms with Crippen LogP contribution in [0.25, 0.3) is 0 Å². The van der Waals surface area contributed by atoms with Crippen molar-refractivity contribution >= 4 is 11.9 Å². The second-order valence-corrected chi connectivity index (χ2v) is 9.45. The molecule has 2 fully saturated rings. The van der Waals surface area contributed by atoms with Gasteiger partial charge in [-0.15, -0.1) is 0 Å². The number of nitrogens with zero attached hydrogens (tertiary/aromatic N) is 1. The standard InChI is InChI=1S/C24H36N2O4/c1-17-16-26(14-12-24(17,2)19-9-6-10-20(27)15-19)13-11-21(28)25-22(23(29)30)18-7-4-3-5-8-18/h6,9-10,15,17-18,22,27H,3-5,7-8,11-14,16H2,1-2H3,(H,25,28)(H,29,30)/t17-,22-,24+/m0/s1. The van der Waals surface area contributed by atoms with Crippen molar-refractivity contribution in [2.24, 2.45) is 11.8 Å². The molecular formula is C24H36N2O4.